The second kappa shape index (κ2) is 8.08. The number of allylic oxidation sites excluding steroid dienone is 1. The molecule has 1 fully saturated rings. The third kappa shape index (κ3) is 3.75. The fraction of sp³-hybridized carbons (Fsp3) is 0.280. The highest BCUT2D eigenvalue weighted by molar-refractivity contribution is 5.84. The van der Waals surface area contributed by atoms with Crippen LogP contribution in [-0.4, -0.2) is 9.97 Å². The van der Waals surface area contributed by atoms with E-state index in [0.717, 1.165) is 42.5 Å². The summed E-state index contributed by atoms with van der Waals surface area (Å²) in [6.07, 6.45) is 10.4. The molecule has 1 aliphatic rings. The highest BCUT2D eigenvalue weighted by atomic mass is 14.8. The van der Waals surface area contributed by atoms with E-state index in [0.29, 0.717) is 23.5 Å². The Labute approximate surface area is 172 Å². The van der Waals surface area contributed by atoms with Crippen molar-refractivity contribution in [1.29, 1.82) is 0 Å². The number of fused-ring (bicyclic) bond motifs is 1. The van der Waals surface area contributed by atoms with Crippen molar-refractivity contribution < 1.29 is 0 Å². The molecule has 4 heteroatoms. The summed E-state index contributed by atoms with van der Waals surface area (Å²) in [6.45, 7) is 6.02. The molecule has 2 heterocycles. The maximum Gasteiger partial charge on any atom is 0.124 e. The topological polar surface area (TPSA) is 77.8 Å². The zero-order chi connectivity index (χ0) is 20.4. The Hall–Kier alpha value is -3.14. The van der Waals surface area contributed by atoms with Gasteiger partial charge in [0, 0.05) is 10.9 Å². The van der Waals surface area contributed by atoms with E-state index >= 15 is 0 Å². The van der Waals surface area contributed by atoms with Gasteiger partial charge in [-0.2, -0.15) is 0 Å². The summed E-state index contributed by atoms with van der Waals surface area (Å²) in [7, 11) is 0. The molecule has 1 aromatic carbocycles. The fourth-order valence-corrected chi connectivity index (χ4v) is 4.74. The van der Waals surface area contributed by atoms with E-state index in [-0.39, 0.29) is 0 Å². The number of anilines is 2. The van der Waals surface area contributed by atoms with Crippen molar-refractivity contribution in [2.75, 3.05) is 11.5 Å². The van der Waals surface area contributed by atoms with Crippen LogP contribution in [0.1, 0.15) is 66.8 Å². The Balaban J connectivity index is 1.62. The largest absolute Gasteiger partial charge is 0.384 e. The molecule has 0 radical (unpaired) electrons. The number of benzene rings is 1. The first-order valence-corrected chi connectivity index (χ1v) is 10.3. The SMILES string of the molecule is C=Cc1c(C2CCC(c3cc(N)nc4ccccc34)CC2)cc(N)nc1/C=C\C. The minimum absolute atomic E-state index is 0.471. The number of nitrogen functional groups attached to an aromatic ring is 2. The normalized spacial score (nSPS) is 19.6. The molecule has 0 bridgehead atoms. The Morgan fingerprint density at radius 3 is 2.24 bits per heavy atom. The van der Waals surface area contributed by atoms with Gasteiger partial charge in [-0.25, -0.2) is 9.97 Å². The lowest BCUT2D eigenvalue weighted by Crippen LogP contribution is -2.15. The van der Waals surface area contributed by atoms with Crippen LogP contribution < -0.4 is 11.5 Å². The Bertz CT molecular complexity index is 1080. The van der Waals surface area contributed by atoms with Gasteiger partial charge in [0.15, 0.2) is 0 Å². The number of nitrogens with zero attached hydrogens (tertiary/aromatic N) is 2. The van der Waals surface area contributed by atoms with Gasteiger partial charge < -0.3 is 11.5 Å². The molecular formula is C25H28N4. The van der Waals surface area contributed by atoms with Crippen LogP contribution in [-0.2, 0) is 0 Å². The summed E-state index contributed by atoms with van der Waals surface area (Å²) in [5.41, 5.74) is 17.8. The summed E-state index contributed by atoms with van der Waals surface area (Å²) < 4.78 is 0. The zero-order valence-corrected chi connectivity index (χ0v) is 16.9. The van der Waals surface area contributed by atoms with Crippen molar-refractivity contribution >= 4 is 34.7 Å². The van der Waals surface area contributed by atoms with Gasteiger partial charge >= 0.3 is 0 Å². The van der Waals surface area contributed by atoms with Gasteiger partial charge in [-0.05, 0) is 79.8 Å². The molecule has 0 spiro atoms. The monoisotopic (exact) mass is 384 g/mol. The van der Waals surface area contributed by atoms with Crippen LogP contribution in [0.25, 0.3) is 23.1 Å². The van der Waals surface area contributed by atoms with Crippen LogP contribution >= 0.6 is 0 Å². The Kier molecular flexibility index (Phi) is 5.34. The molecule has 0 atom stereocenters. The van der Waals surface area contributed by atoms with E-state index in [1.807, 2.05) is 43.4 Å². The van der Waals surface area contributed by atoms with E-state index in [4.69, 9.17) is 11.5 Å². The Morgan fingerprint density at radius 2 is 1.55 bits per heavy atom. The number of nitrogens with two attached hydrogens (primary N) is 2. The Morgan fingerprint density at radius 1 is 0.931 bits per heavy atom. The molecular weight excluding hydrogens is 356 g/mol. The highest BCUT2D eigenvalue weighted by Crippen LogP contribution is 2.44. The standard InChI is InChI=1S/C25H28N4/c1-3-7-22-18(4-2)20(14-24(26)28-22)16-10-12-17(13-11-16)21-15-25(27)29-23-9-6-5-8-19(21)23/h3-9,14-17H,2,10-13H2,1H3,(H2,26,28)(H2,27,29)/b7-3-. The number of pyridine rings is 2. The zero-order valence-electron chi connectivity index (χ0n) is 16.9. The van der Waals surface area contributed by atoms with Crippen molar-refractivity contribution in [2.24, 2.45) is 0 Å². The van der Waals surface area contributed by atoms with Crippen molar-refractivity contribution in [3.8, 4) is 0 Å². The quantitative estimate of drug-likeness (QED) is 0.586. The van der Waals surface area contributed by atoms with E-state index in [2.05, 4.69) is 34.7 Å². The molecule has 4 rings (SSSR count). The second-order valence-corrected chi connectivity index (χ2v) is 7.84. The molecule has 1 aliphatic carbocycles. The van der Waals surface area contributed by atoms with Gasteiger partial charge in [0.25, 0.3) is 0 Å². The number of para-hydroxylation sites is 1. The molecule has 2 aromatic heterocycles. The molecule has 0 unspecified atom stereocenters. The van der Waals surface area contributed by atoms with Crippen LogP contribution in [0.3, 0.4) is 0 Å². The van der Waals surface area contributed by atoms with Gasteiger partial charge in [-0.15, -0.1) is 0 Å². The van der Waals surface area contributed by atoms with Gasteiger partial charge in [0.1, 0.15) is 11.6 Å². The summed E-state index contributed by atoms with van der Waals surface area (Å²) in [6, 6.07) is 12.4. The number of hydrogen-bond donors (Lipinski definition) is 2. The average Bonchev–Trinajstić information content (AvgIpc) is 2.73. The molecule has 0 saturated heterocycles. The van der Waals surface area contributed by atoms with Crippen LogP contribution in [0.4, 0.5) is 11.6 Å². The van der Waals surface area contributed by atoms with Crippen molar-refractivity contribution in [3.05, 3.63) is 71.4 Å². The van der Waals surface area contributed by atoms with E-state index in [9.17, 15) is 0 Å². The van der Waals surface area contributed by atoms with E-state index in [1.165, 1.54) is 16.5 Å². The fourth-order valence-electron chi connectivity index (χ4n) is 4.74. The first kappa shape index (κ1) is 19.2. The smallest absolute Gasteiger partial charge is 0.124 e. The predicted octanol–water partition coefficient (Wildman–Crippen LogP) is 5.91. The number of rotatable bonds is 4. The molecule has 4 nitrogen and oxygen atoms in total. The van der Waals surface area contributed by atoms with Crippen molar-refractivity contribution in [2.45, 2.75) is 44.4 Å². The third-order valence-corrected chi connectivity index (χ3v) is 6.04. The van der Waals surface area contributed by atoms with Crippen molar-refractivity contribution in [1.82, 2.24) is 9.97 Å². The summed E-state index contributed by atoms with van der Waals surface area (Å²) in [5, 5.41) is 1.22. The lowest BCUT2D eigenvalue weighted by atomic mass is 9.74. The van der Waals surface area contributed by atoms with Crippen LogP contribution in [0.2, 0.25) is 0 Å². The van der Waals surface area contributed by atoms with Gasteiger partial charge in [-0.1, -0.05) is 36.9 Å². The van der Waals surface area contributed by atoms with Gasteiger partial charge in [0.05, 0.1) is 11.2 Å². The third-order valence-electron chi connectivity index (χ3n) is 6.04. The number of aromatic nitrogens is 2. The first-order valence-electron chi connectivity index (χ1n) is 10.3. The highest BCUT2D eigenvalue weighted by Gasteiger charge is 2.27. The minimum Gasteiger partial charge on any atom is -0.384 e. The molecule has 0 amide bonds. The maximum atomic E-state index is 6.12. The predicted molar refractivity (Wildman–Crippen MR) is 124 cm³/mol. The molecule has 148 valence electrons. The molecule has 1 saturated carbocycles. The summed E-state index contributed by atoms with van der Waals surface area (Å²) in [5.74, 6) is 2.16. The summed E-state index contributed by atoms with van der Waals surface area (Å²) in [4.78, 5) is 8.99. The number of hydrogen-bond acceptors (Lipinski definition) is 4. The first-order chi connectivity index (χ1) is 14.1. The lowest BCUT2D eigenvalue weighted by molar-refractivity contribution is 0.397. The lowest BCUT2D eigenvalue weighted by Gasteiger charge is -2.31. The summed E-state index contributed by atoms with van der Waals surface area (Å²) >= 11 is 0. The maximum absolute atomic E-state index is 6.12. The van der Waals surface area contributed by atoms with Crippen LogP contribution in [0, 0.1) is 0 Å². The molecule has 0 aliphatic heterocycles. The van der Waals surface area contributed by atoms with E-state index in [1.54, 1.807) is 0 Å². The average molecular weight is 385 g/mol. The minimum atomic E-state index is 0.471. The van der Waals surface area contributed by atoms with Crippen LogP contribution in [0.5, 0.6) is 0 Å². The van der Waals surface area contributed by atoms with Gasteiger partial charge in [0.2, 0.25) is 0 Å². The molecule has 29 heavy (non-hydrogen) atoms. The van der Waals surface area contributed by atoms with Gasteiger partial charge in [-0.3, -0.25) is 0 Å². The molecule has 4 N–H and O–H groups in total. The molecule has 3 aromatic rings. The van der Waals surface area contributed by atoms with E-state index < -0.39 is 0 Å². The second-order valence-electron chi connectivity index (χ2n) is 7.84. The van der Waals surface area contributed by atoms with Crippen molar-refractivity contribution in [3.63, 3.8) is 0 Å². The van der Waals surface area contributed by atoms with Crippen LogP contribution in [0.15, 0.2) is 49.1 Å².